The van der Waals surface area contributed by atoms with Crippen LogP contribution in [0.15, 0.2) is 95.2 Å². The molecule has 104 valence electrons. The molecule has 4 aliphatic carbocycles. The van der Waals surface area contributed by atoms with Gasteiger partial charge in [0.05, 0.1) is 0 Å². The van der Waals surface area contributed by atoms with Gasteiger partial charge < -0.3 is 0 Å². The van der Waals surface area contributed by atoms with E-state index in [9.17, 15) is 0 Å². The molecule has 0 aliphatic heterocycles. The molecule has 0 N–H and O–H groups in total. The van der Waals surface area contributed by atoms with Gasteiger partial charge in [-0.25, -0.2) is 0 Å². The van der Waals surface area contributed by atoms with Crippen molar-refractivity contribution in [2.75, 3.05) is 0 Å². The van der Waals surface area contributed by atoms with E-state index in [4.69, 9.17) is 0 Å². The van der Waals surface area contributed by atoms with Crippen molar-refractivity contribution in [3.8, 4) is 0 Å². The van der Waals surface area contributed by atoms with E-state index in [0.717, 1.165) is 25.7 Å². The molecule has 0 saturated carbocycles. The predicted octanol–water partition coefficient (Wildman–Crippen LogP) is 5.52. The maximum atomic E-state index is 2.35. The van der Waals surface area contributed by atoms with Gasteiger partial charge in [0.2, 0.25) is 0 Å². The van der Waals surface area contributed by atoms with Crippen molar-refractivity contribution < 1.29 is 0 Å². The lowest BCUT2D eigenvalue weighted by atomic mass is 9.63. The molecule has 21 heavy (non-hydrogen) atoms. The molecule has 1 spiro atoms. The fourth-order valence-corrected chi connectivity index (χ4v) is 3.94. The molecule has 0 saturated heterocycles. The first kappa shape index (κ1) is 12.6. The molecule has 1 unspecified atom stereocenters. The quantitative estimate of drug-likeness (QED) is 0.545. The molecule has 1 atom stereocenters. The maximum Gasteiger partial charge on any atom is 0.0243 e. The van der Waals surface area contributed by atoms with Crippen molar-refractivity contribution in [2.24, 2.45) is 5.41 Å². The monoisotopic (exact) mass is 272 g/mol. The molecular weight excluding hydrogens is 252 g/mol. The van der Waals surface area contributed by atoms with Crippen molar-refractivity contribution in [1.82, 2.24) is 0 Å². The summed E-state index contributed by atoms with van der Waals surface area (Å²) in [4.78, 5) is 0. The average molecular weight is 272 g/mol. The van der Waals surface area contributed by atoms with Gasteiger partial charge >= 0.3 is 0 Å². The third-order valence-electron chi connectivity index (χ3n) is 5.04. The average Bonchev–Trinajstić information content (AvgIpc) is 2.72. The molecule has 0 aromatic heterocycles. The second kappa shape index (κ2) is 5.04. The molecule has 0 heteroatoms. The Morgan fingerprint density at radius 3 is 2.38 bits per heavy atom. The van der Waals surface area contributed by atoms with E-state index >= 15 is 0 Å². The van der Waals surface area contributed by atoms with Crippen molar-refractivity contribution in [3.63, 3.8) is 0 Å². The van der Waals surface area contributed by atoms with E-state index < -0.39 is 0 Å². The van der Waals surface area contributed by atoms with E-state index in [0.29, 0.717) is 0 Å². The fraction of sp³-hybridized carbons (Fsp3) is 0.238. The van der Waals surface area contributed by atoms with E-state index in [1.54, 1.807) is 5.57 Å². The Hall–Kier alpha value is -2.08. The van der Waals surface area contributed by atoms with Crippen LogP contribution in [0.1, 0.15) is 25.7 Å². The number of hydrogen-bond acceptors (Lipinski definition) is 0. The van der Waals surface area contributed by atoms with Gasteiger partial charge in [-0.2, -0.15) is 0 Å². The van der Waals surface area contributed by atoms with Crippen molar-refractivity contribution in [1.29, 1.82) is 0 Å². The summed E-state index contributed by atoms with van der Waals surface area (Å²) >= 11 is 0. The van der Waals surface area contributed by atoms with Gasteiger partial charge in [-0.15, -0.1) is 0 Å². The summed E-state index contributed by atoms with van der Waals surface area (Å²) in [6.07, 6.45) is 31.7. The normalized spacial score (nSPS) is 33.1. The topological polar surface area (TPSA) is 0 Å². The second-order valence-corrected chi connectivity index (χ2v) is 6.16. The Balaban J connectivity index is 1.91. The molecule has 0 amide bonds. The minimum absolute atomic E-state index is 0.199. The maximum absolute atomic E-state index is 2.35. The second-order valence-electron chi connectivity index (χ2n) is 6.16. The summed E-state index contributed by atoms with van der Waals surface area (Å²) < 4.78 is 0. The van der Waals surface area contributed by atoms with Gasteiger partial charge in [-0.3, -0.25) is 0 Å². The number of allylic oxidation sites excluding steroid dienone is 16. The SMILES string of the molecule is C1=CCC(=C2C=CCC3=CC=CCC34CC=CC=C24)C=C1. The minimum atomic E-state index is 0.199. The molecule has 0 heterocycles. The predicted molar refractivity (Wildman–Crippen MR) is 89.8 cm³/mol. The standard InChI is InChI=1S/C21H20/c1-2-9-17(10-3-1)19-13-8-12-18-11-4-6-15-21(18)16-7-5-14-20(19)21/h1-9,11,13-14H,10,12,15-16H2. The Labute approximate surface area is 126 Å². The third-order valence-corrected chi connectivity index (χ3v) is 5.04. The highest BCUT2D eigenvalue weighted by Crippen LogP contribution is 2.53. The molecule has 0 radical (unpaired) electrons. The fourth-order valence-electron chi connectivity index (χ4n) is 3.94. The highest BCUT2D eigenvalue weighted by Gasteiger charge is 2.40. The van der Waals surface area contributed by atoms with Crippen molar-refractivity contribution in [3.05, 3.63) is 95.2 Å². The first-order chi connectivity index (χ1) is 10.4. The number of hydrogen-bond donors (Lipinski definition) is 0. The molecule has 0 bridgehead atoms. The Bertz CT molecular complexity index is 694. The summed E-state index contributed by atoms with van der Waals surface area (Å²) in [5.74, 6) is 0. The summed E-state index contributed by atoms with van der Waals surface area (Å²) in [5.41, 5.74) is 6.18. The van der Waals surface area contributed by atoms with E-state index in [-0.39, 0.29) is 5.41 Å². The molecule has 4 aliphatic rings. The molecule has 4 rings (SSSR count). The minimum Gasteiger partial charge on any atom is -0.0833 e. The van der Waals surface area contributed by atoms with Crippen LogP contribution in [-0.2, 0) is 0 Å². The molecule has 0 aromatic rings. The van der Waals surface area contributed by atoms with Gasteiger partial charge in [-0.1, -0.05) is 78.5 Å². The van der Waals surface area contributed by atoms with Gasteiger partial charge in [0.25, 0.3) is 0 Å². The zero-order valence-corrected chi connectivity index (χ0v) is 12.3. The number of rotatable bonds is 0. The largest absolute Gasteiger partial charge is 0.0833 e. The molecule has 0 nitrogen and oxygen atoms in total. The van der Waals surface area contributed by atoms with Crippen LogP contribution in [0, 0.1) is 5.41 Å². The summed E-state index contributed by atoms with van der Waals surface area (Å²) in [5, 5.41) is 0. The Kier molecular flexibility index (Phi) is 3.03. The van der Waals surface area contributed by atoms with Crippen LogP contribution in [0.3, 0.4) is 0 Å². The smallest absolute Gasteiger partial charge is 0.0243 e. The molecular formula is C21H20. The van der Waals surface area contributed by atoms with E-state index in [2.05, 4.69) is 72.9 Å². The Morgan fingerprint density at radius 1 is 0.714 bits per heavy atom. The lowest BCUT2D eigenvalue weighted by Gasteiger charge is -2.40. The molecule has 0 fully saturated rings. The third kappa shape index (κ3) is 1.98. The van der Waals surface area contributed by atoms with Crippen LogP contribution in [0.4, 0.5) is 0 Å². The highest BCUT2D eigenvalue weighted by atomic mass is 14.4. The first-order valence-corrected chi connectivity index (χ1v) is 7.87. The van der Waals surface area contributed by atoms with E-state index in [1.807, 2.05) is 0 Å². The zero-order chi connectivity index (χ0) is 14.1. The van der Waals surface area contributed by atoms with Crippen LogP contribution in [0.2, 0.25) is 0 Å². The first-order valence-electron chi connectivity index (χ1n) is 7.87. The summed E-state index contributed by atoms with van der Waals surface area (Å²) in [7, 11) is 0. The molecule has 0 aromatic carbocycles. The zero-order valence-electron chi connectivity index (χ0n) is 12.3. The van der Waals surface area contributed by atoms with Crippen LogP contribution in [0.5, 0.6) is 0 Å². The lowest BCUT2D eigenvalue weighted by molar-refractivity contribution is 0.432. The van der Waals surface area contributed by atoms with Gasteiger partial charge in [0.15, 0.2) is 0 Å². The van der Waals surface area contributed by atoms with Gasteiger partial charge in [-0.05, 0) is 42.4 Å². The van der Waals surface area contributed by atoms with Gasteiger partial charge in [0, 0.05) is 5.41 Å². The Morgan fingerprint density at radius 2 is 1.57 bits per heavy atom. The van der Waals surface area contributed by atoms with E-state index in [1.165, 1.54) is 16.7 Å². The van der Waals surface area contributed by atoms with Crippen molar-refractivity contribution in [2.45, 2.75) is 25.7 Å². The van der Waals surface area contributed by atoms with Crippen LogP contribution in [-0.4, -0.2) is 0 Å². The lowest BCUT2D eigenvalue weighted by Crippen LogP contribution is -2.28. The summed E-state index contributed by atoms with van der Waals surface area (Å²) in [6, 6.07) is 0. The summed E-state index contributed by atoms with van der Waals surface area (Å²) in [6.45, 7) is 0. The van der Waals surface area contributed by atoms with Crippen molar-refractivity contribution >= 4 is 0 Å². The van der Waals surface area contributed by atoms with Crippen LogP contribution < -0.4 is 0 Å². The van der Waals surface area contributed by atoms with Gasteiger partial charge in [0.1, 0.15) is 0 Å². The van der Waals surface area contributed by atoms with Crippen LogP contribution >= 0.6 is 0 Å². The van der Waals surface area contributed by atoms with Crippen LogP contribution in [0.25, 0.3) is 0 Å². The highest BCUT2D eigenvalue weighted by molar-refractivity contribution is 5.59.